The quantitative estimate of drug-likeness (QED) is 0.867. The Kier molecular flexibility index (Phi) is 5.80. The van der Waals surface area contributed by atoms with E-state index in [0.717, 1.165) is 11.8 Å². The number of thioether (sulfide) groups is 1. The van der Waals surface area contributed by atoms with Gasteiger partial charge < -0.3 is 10.6 Å². The van der Waals surface area contributed by atoms with Gasteiger partial charge >= 0.3 is 0 Å². The van der Waals surface area contributed by atoms with Crippen molar-refractivity contribution in [2.45, 2.75) is 69.8 Å². The Morgan fingerprint density at radius 2 is 1.95 bits per heavy atom. The fraction of sp³-hybridized carbons (Fsp3) is 1.00. The summed E-state index contributed by atoms with van der Waals surface area (Å²) in [7, 11) is 0. The highest BCUT2D eigenvalue weighted by molar-refractivity contribution is 8.00. The van der Waals surface area contributed by atoms with Crippen molar-refractivity contribution >= 4 is 11.8 Å². The first-order chi connectivity index (χ1) is 9.50. The van der Waals surface area contributed by atoms with Gasteiger partial charge in [-0.3, -0.25) is 4.90 Å². The lowest BCUT2D eigenvalue weighted by molar-refractivity contribution is 0.0436. The van der Waals surface area contributed by atoms with E-state index in [1.165, 1.54) is 44.6 Å². The number of nitrogens with two attached hydrogens (primary N) is 1. The number of likely N-dealkylation sites (tertiary alicyclic amines) is 1. The van der Waals surface area contributed by atoms with Crippen molar-refractivity contribution in [3.05, 3.63) is 0 Å². The molecule has 2 N–H and O–H groups in total. The Labute approximate surface area is 129 Å². The van der Waals surface area contributed by atoms with Gasteiger partial charge in [-0.2, -0.15) is 11.8 Å². The summed E-state index contributed by atoms with van der Waals surface area (Å²) in [6, 6.07) is 1.32. The smallest absolute Gasteiger partial charge is 0.0347 e. The van der Waals surface area contributed by atoms with Gasteiger partial charge in [-0.25, -0.2) is 0 Å². The minimum atomic E-state index is 0.248. The monoisotopic (exact) mass is 299 g/mol. The molecule has 20 heavy (non-hydrogen) atoms. The zero-order valence-electron chi connectivity index (χ0n) is 13.8. The van der Waals surface area contributed by atoms with Gasteiger partial charge in [0.15, 0.2) is 0 Å². The molecule has 4 heteroatoms. The molecule has 118 valence electrons. The Balaban J connectivity index is 2.12. The molecule has 2 rings (SSSR count). The highest BCUT2D eigenvalue weighted by Gasteiger charge is 2.42. The molecule has 3 atom stereocenters. The van der Waals surface area contributed by atoms with Crippen LogP contribution in [0.15, 0.2) is 0 Å². The maximum Gasteiger partial charge on any atom is 0.0347 e. The van der Waals surface area contributed by atoms with Crippen molar-refractivity contribution in [2.24, 2.45) is 5.73 Å². The maximum absolute atomic E-state index is 6.30. The van der Waals surface area contributed by atoms with Gasteiger partial charge in [0.2, 0.25) is 0 Å². The van der Waals surface area contributed by atoms with Crippen molar-refractivity contribution in [1.29, 1.82) is 0 Å². The van der Waals surface area contributed by atoms with Crippen LogP contribution in [0.5, 0.6) is 0 Å². The van der Waals surface area contributed by atoms with E-state index in [1.807, 2.05) is 0 Å². The number of hydrogen-bond acceptors (Lipinski definition) is 4. The molecule has 0 saturated carbocycles. The van der Waals surface area contributed by atoms with Crippen LogP contribution in [-0.2, 0) is 0 Å². The van der Waals surface area contributed by atoms with Crippen molar-refractivity contribution in [2.75, 3.05) is 31.9 Å². The van der Waals surface area contributed by atoms with E-state index < -0.39 is 0 Å². The first-order valence-corrected chi connectivity index (χ1v) is 9.37. The van der Waals surface area contributed by atoms with Crippen LogP contribution in [0.4, 0.5) is 0 Å². The van der Waals surface area contributed by atoms with Crippen LogP contribution in [0.3, 0.4) is 0 Å². The van der Waals surface area contributed by atoms with Gasteiger partial charge in [0.05, 0.1) is 0 Å². The molecule has 0 bridgehead atoms. The molecule has 2 saturated heterocycles. The summed E-state index contributed by atoms with van der Waals surface area (Å²) in [5.41, 5.74) is 6.55. The first-order valence-electron chi connectivity index (χ1n) is 8.32. The molecule has 0 radical (unpaired) electrons. The van der Waals surface area contributed by atoms with Gasteiger partial charge in [-0.1, -0.05) is 6.92 Å². The molecule has 2 heterocycles. The lowest BCUT2D eigenvalue weighted by Gasteiger charge is -2.50. The Morgan fingerprint density at radius 1 is 1.20 bits per heavy atom. The van der Waals surface area contributed by atoms with Crippen LogP contribution in [0.25, 0.3) is 0 Å². The summed E-state index contributed by atoms with van der Waals surface area (Å²) in [6.07, 6.45) is 3.80. The second-order valence-electron chi connectivity index (χ2n) is 6.92. The second-order valence-corrected chi connectivity index (χ2v) is 8.41. The average Bonchev–Trinajstić information content (AvgIpc) is 2.65. The van der Waals surface area contributed by atoms with E-state index in [4.69, 9.17) is 5.73 Å². The maximum atomic E-state index is 6.30. The van der Waals surface area contributed by atoms with Gasteiger partial charge in [0.1, 0.15) is 0 Å². The topological polar surface area (TPSA) is 32.5 Å². The van der Waals surface area contributed by atoms with Crippen LogP contribution in [0.1, 0.15) is 47.0 Å². The molecular formula is C16H33N3S. The van der Waals surface area contributed by atoms with Gasteiger partial charge in [0, 0.05) is 48.3 Å². The third-order valence-electron chi connectivity index (χ3n) is 5.56. The Hall–Kier alpha value is 0.230. The van der Waals surface area contributed by atoms with Crippen molar-refractivity contribution in [3.8, 4) is 0 Å². The fourth-order valence-corrected chi connectivity index (χ4v) is 5.03. The summed E-state index contributed by atoms with van der Waals surface area (Å²) in [5, 5.41) is 0.733. The fourth-order valence-electron chi connectivity index (χ4n) is 3.93. The minimum absolute atomic E-state index is 0.248. The first kappa shape index (κ1) is 16.6. The van der Waals surface area contributed by atoms with Crippen molar-refractivity contribution in [1.82, 2.24) is 9.80 Å². The molecular weight excluding hydrogens is 266 g/mol. The molecule has 0 spiro atoms. The molecule has 0 aromatic rings. The summed E-state index contributed by atoms with van der Waals surface area (Å²) in [6.45, 7) is 13.9. The van der Waals surface area contributed by atoms with Gasteiger partial charge in [-0.15, -0.1) is 0 Å². The van der Waals surface area contributed by atoms with Crippen LogP contribution >= 0.6 is 11.8 Å². The minimum Gasteiger partial charge on any atom is -0.329 e. The molecule has 0 aromatic heterocycles. The standard InChI is InChI=1S/C16H33N3S/c1-13(2)18-8-5-6-16(12-17,7-9-18)19-10-11-20-15(4)14(19)3/h13-15H,5-12,17H2,1-4H3. The van der Waals surface area contributed by atoms with E-state index in [1.54, 1.807) is 0 Å². The molecule has 2 fully saturated rings. The largest absolute Gasteiger partial charge is 0.329 e. The molecule has 2 aliphatic rings. The predicted octanol–water partition coefficient (Wildman–Crippen LogP) is 2.40. The molecule has 2 aliphatic heterocycles. The van der Waals surface area contributed by atoms with Crippen LogP contribution in [-0.4, -0.2) is 64.6 Å². The van der Waals surface area contributed by atoms with E-state index in [9.17, 15) is 0 Å². The normalized spacial score (nSPS) is 38.1. The zero-order valence-corrected chi connectivity index (χ0v) is 14.6. The van der Waals surface area contributed by atoms with Gasteiger partial charge in [0.25, 0.3) is 0 Å². The third kappa shape index (κ3) is 3.34. The number of hydrogen-bond donors (Lipinski definition) is 1. The molecule has 0 amide bonds. The van der Waals surface area contributed by atoms with Crippen molar-refractivity contribution in [3.63, 3.8) is 0 Å². The third-order valence-corrected chi connectivity index (χ3v) is 6.89. The number of nitrogens with zero attached hydrogens (tertiary/aromatic N) is 2. The zero-order chi connectivity index (χ0) is 14.8. The molecule has 3 nitrogen and oxygen atoms in total. The Morgan fingerprint density at radius 3 is 2.60 bits per heavy atom. The van der Waals surface area contributed by atoms with Crippen LogP contribution < -0.4 is 5.73 Å². The van der Waals surface area contributed by atoms with E-state index >= 15 is 0 Å². The average molecular weight is 300 g/mol. The van der Waals surface area contributed by atoms with E-state index in [0.29, 0.717) is 12.1 Å². The summed E-state index contributed by atoms with van der Waals surface area (Å²) in [4.78, 5) is 5.39. The van der Waals surface area contributed by atoms with Crippen LogP contribution in [0, 0.1) is 0 Å². The second kappa shape index (κ2) is 6.99. The highest BCUT2D eigenvalue weighted by Crippen LogP contribution is 2.36. The molecule has 0 aromatic carbocycles. The van der Waals surface area contributed by atoms with Crippen molar-refractivity contribution < 1.29 is 0 Å². The summed E-state index contributed by atoms with van der Waals surface area (Å²) < 4.78 is 0. The summed E-state index contributed by atoms with van der Waals surface area (Å²) >= 11 is 2.12. The Bertz CT molecular complexity index is 310. The SMILES string of the molecule is CC1SCCN(C2(CN)CCCN(C(C)C)CC2)C1C. The van der Waals surface area contributed by atoms with Crippen LogP contribution in [0.2, 0.25) is 0 Å². The highest BCUT2D eigenvalue weighted by atomic mass is 32.2. The van der Waals surface area contributed by atoms with E-state index in [2.05, 4.69) is 49.3 Å². The molecule has 0 aliphatic carbocycles. The van der Waals surface area contributed by atoms with E-state index in [-0.39, 0.29) is 5.54 Å². The predicted molar refractivity (Wildman–Crippen MR) is 90.4 cm³/mol. The molecule has 3 unspecified atom stereocenters. The summed E-state index contributed by atoms with van der Waals surface area (Å²) in [5.74, 6) is 1.27. The van der Waals surface area contributed by atoms with Gasteiger partial charge in [-0.05, 0) is 46.6 Å². The lowest BCUT2D eigenvalue weighted by Crippen LogP contribution is -2.61. The number of rotatable bonds is 3. The lowest BCUT2D eigenvalue weighted by atomic mass is 9.86.